The quantitative estimate of drug-likeness (QED) is 0.929. The van der Waals surface area contributed by atoms with Crippen LogP contribution in [0, 0.1) is 5.82 Å². The second kappa shape index (κ2) is 5.56. The molecule has 3 rings (SSSR count). The van der Waals surface area contributed by atoms with E-state index in [0.29, 0.717) is 0 Å². The summed E-state index contributed by atoms with van der Waals surface area (Å²) in [6, 6.07) is 15.8. The van der Waals surface area contributed by atoms with Gasteiger partial charge in [0.05, 0.1) is 5.54 Å². The number of hydrogen-bond acceptors (Lipinski definition) is 2. The summed E-state index contributed by atoms with van der Waals surface area (Å²) in [7, 11) is 0. The molecule has 0 unspecified atom stereocenters. The summed E-state index contributed by atoms with van der Waals surface area (Å²) in [6.07, 6.45) is 1.25. The maximum absolute atomic E-state index is 13.0. The zero-order chi connectivity index (χ0) is 14.7. The first kappa shape index (κ1) is 13.6. The van der Waals surface area contributed by atoms with Gasteiger partial charge in [0.1, 0.15) is 12.4 Å². The molecule has 1 aliphatic carbocycles. The zero-order valence-electron chi connectivity index (χ0n) is 11.5. The van der Waals surface area contributed by atoms with Gasteiger partial charge in [-0.3, -0.25) is 0 Å². The molecule has 1 N–H and O–H groups in total. The number of carbonyl (C=O) groups is 1. The Morgan fingerprint density at radius 3 is 2.38 bits per heavy atom. The Morgan fingerprint density at radius 1 is 1.10 bits per heavy atom. The molecule has 0 heterocycles. The number of amides is 1. The second-order valence-corrected chi connectivity index (χ2v) is 5.28. The molecular formula is C17H16FNO2. The van der Waals surface area contributed by atoms with Crippen molar-refractivity contribution in [3.05, 3.63) is 71.5 Å². The first-order valence-electron chi connectivity index (χ1n) is 6.93. The topological polar surface area (TPSA) is 38.3 Å². The number of carbonyl (C=O) groups excluding carboxylic acids is 1. The van der Waals surface area contributed by atoms with Crippen LogP contribution >= 0.6 is 0 Å². The van der Waals surface area contributed by atoms with Crippen LogP contribution in [-0.4, -0.2) is 6.09 Å². The standard InChI is InChI=1S/C17H16FNO2/c18-15-8-6-14(7-9-15)17(10-11-17)19-16(20)21-12-13-4-2-1-3-5-13/h1-9H,10-12H2,(H,19,20). The van der Waals surface area contributed by atoms with Crippen molar-refractivity contribution in [3.63, 3.8) is 0 Å². The molecule has 1 fully saturated rings. The van der Waals surface area contributed by atoms with Crippen LogP contribution in [0.4, 0.5) is 9.18 Å². The normalized spacial score (nSPS) is 15.3. The first-order valence-corrected chi connectivity index (χ1v) is 6.93. The lowest BCUT2D eigenvalue weighted by Gasteiger charge is -2.17. The van der Waals surface area contributed by atoms with Crippen molar-refractivity contribution in [2.24, 2.45) is 0 Å². The molecule has 108 valence electrons. The van der Waals surface area contributed by atoms with Gasteiger partial charge in [0.2, 0.25) is 0 Å². The van der Waals surface area contributed by atoms with E-state index in [9.17, 15) is 9.18 Å². The van der Waals surface area contributed by atoms with E-state index in [2.05, 4.69) is 5.32 Å². The Labute approximate surface area is 122 Å². The molecule has 0 atom stereocenters. The van der Waals surface area contributed by atoms with E-state index < -0.39 is 6.09 Å². The van der Waals surface area contributed by atoms with Crippen molar-refractivity contribution in [2.45, 2.75) is 25.0 Å². The Balaban J connectivity index is 1.58. The molecule has 1 aliphatic rings. The molecule has 1 saturated carbocycles. The Morgan fingerprint density at radius 2 is 1.76 bits per heavy atom. The lowest BCUT2D eigenvalue weighted by Crippen LogP contribution is -2.35. The predicted molar refractivity (Wildman–Crippen MR) is 77.1 cm³/mol. The van der Waals surface area contributed by atoms with E-state index in [1.54, 1.807) is 12.1 Å². The molecular weight excluding hydrogens is 269 g/mol. The van der Waals surface area contributed by atoms with Gasteiger partial charge in [-0.25, -0.2) is 9.18 Å². The SMILES string of the molecule is O=C(NC1(c2ccc(F)cc2)CC1)OCc1ccccc1. The molecule has 0 saturated heterocycles. The highest BCUT2D eigenvalue weighted by molar-refractivity contribution is 5.69. The molecule has 21 heavy (non-hydrogen) atoms. The third-order valence-electron chi connectivity index (χ3n) is 3.70. The van der Waals surface area contributed by atoms with Crippen LogP contribution in [0.2, 0.25) is 0 Å². The number of hydrogen-bond donors (Lipinski definition) is 1. The van der Waals surface area contributed by atoms with Gasteiger partial charge in [0.15, 0.2) is 0 Å². The van der Waals surface area contributed by atoms with Crippen molar-refractivity contribution < 1.29 is 13.9 Å². The minimum atomic E-state index is -0.444. The van der Waals surface area contributed by atoms with Gasteiger partial charge in [-0.2, -0.15) is 0 Å². The van der Waals surface area contributed by atoms with Crippen molar-refractivity contribution in [2.75, 3.05) is 0 Å². The lowest BCUT2D eigenvalue weighted by molar-refractivity contribution is 0.134. The fourth-order valence-corrected chi connectivity index (χ4v) is 2.33. The summed E-state index contributed by atoms with van der Waals surface area (Å²) in [5.41, 5.74) is 1.47. The number of alkyl carbamates (subject to hydrolysis) is 1. The third kappa shape index (κ3) is 3.21. The van der Waals surface area contributed by atoms with Crippen molar-refractivity contribution >= 4 is 6.09 Å². The van der Waals surface area contributed by atoms with Gasteiger partial charge in [-0.15, -0.1) is 0 Å². The summed E-state index contributed by atoms with van der Waals surface area (Å²) < 4.78 is 18.2. The Bertz CT molecular complexity index is 621. The zero-order valence-corrected chi connectivity index (χ0v) is 11.5. The molecule has 2 aromatic carbocycles. The molecule has 2 aromatic rings. The van der Waals surface area contributed by atoms with E-state index in [4.69, 9.17) is 4.74 Å². The summed E-state index contributed by atoms with van der Waals surface area (Å²) in [6.45, 7) is 0.242. The van der Waals surface area contributed by atoms with Crippen LogP contribution < -0.4 is 5.32 Å². The highest BCUT2D eigenvalue weighted by Crippen LogP contribution is 2.45. The van der Waals surface area contributed by atoms with Crippen LogP contribution in [0.1, 0.15) is 24.0 Å². The molecule has 0 spiro atoms. The highest BCUT2D eigenvalue weighted by Gasteiger charge is 2.46. The molecule has 1 amide bonds. The molecule has 0 bridgehead atoms. The number of benzene rings is 2. The van der Waals surface area contributed by atoms with Gasteiger partial charge in [-0.1, -0.05) is 42.5 Å². The second-order valence-electron chi connectivity index (χ2n) is 5.28. The van der Waals surface area contributed by atoms with Crippen LogP contribution in [-0.2, 0) is 16.9 Å². The lowest BCUT2D eigenvalue weighted by atomic mass is 10.1. The molecule has 0 aliphatic heterocycles. The minimum absolute atomic E-state index is 0.242. The van der Waals surface area contributed by atoms with Gasteiger partial charge >= 0.3 is 6.09 Å². The molecule has 4 heteroatoms. The summed E-state index contributed by atoms with van der Waals surface area (Å²) in [5, 5.41) is 2.89. The smallest absolute Gasteiger partial charge is 0.408 e. The van der Waals surface area contributed by atoms with Crippen LogP contribution in [0.5, 0.6) is 0 Å². The minimum Gasteiger partial charge on any atom is -0.445 e. The molecule has 3 nitrogen and oxygen atoms in total. The van der Waals surface area contributed by atoms with Crippen LogP contribution in [0.25, 0.3) is 0 Å². The Hall–Kier alpha value is -2.36. The van der Waals surface area contributed by atoms with Crippen molar-refractivity contribution in [1.82, 2.24) is 5.32 Å². The van der Waals surface area contributed by atoms with Crippen LogP contribution in [0.3, 0.4) is 0 Å². The third-order valence-corrected chi connectivity index (χ3v) is 3.70. The monoisotopic (exact) mass is 285 g/mol. The maximum atomic E-state index is 13.0. The largest absolute Gasteiger partial charge is 0.445 e. The van der Waals surface area contributed by atoms with Gasteiger partial charge in [-0.05, 0) is 36.1 Å². The van der Waals surface area contributed by atoms with Gasteiger partial charge < -0.3 is 10.1 Å². The van der Waals surface area contributed by atoms with E-state index in [1.165, 1.54) is 12.1 Å². The number of halogens is 1. The predicted octanol–water partition coefficient (Wildman–Crippen LogP) is 3.74. The fourth-order valence-electron chi connectivity index (χ4n) is 2.33. The van der Waals surface area contributed by atoms with E-state index in [-0.39, 0.29) is 18.0 Å². The van der Waals surface area contributed by atoms with Gasteiger partial charge in [0.25, 0.3) is 0 Å². The van der Waals surface area contributed by atoms with Gasteiger partial charge in [0, 0.05) is 0 Å². The summed E-state index contributed by atoms with van der Waals surface area (Å²) >= 11 is 0. The highest BCUT2D eigenvalue weighted by atomic mass is 19.1. The van der Waals surface area contributed by atoms with Crippen LogP contribution in [0.15, 0.2) is 54.6 Å². The first-order chi connectivity index (χ1) is 10.2. The van der Waals surface area contributed by atoms with E-state index in [1.807, 2.05) is 30.3 Å². The molecule has 0 radical (unpaired) electrons. The fraction of sp³-hybridized carbons (Fsp3) is 0.235. The maximum Gasteiger partial charge on any atom is 0.408 e. The number of rotatable bonds is 4. The summed E-state index contributed by atoms with van der Waals surface area (Å²) in [5.74, 6) is -0.277. The Kier molecular flexibility index (Phi) is 3.60. The average Bonchev–Trinajstić information content (AvgIpc) is 3.27. The number of nitrogens with one attached hydrogen (secondary N) is 1. The summed E-state index contributed by atoms with van der Waals surface area (Å²) in [4.78, 5) is 11.9. The number of ether oxygens (including phenoxy) is 1. The van der Waals surface area contributed by atoms with Crippen molar-refractivity contribution in [3.8, 4) is 0 Å². The van der Waals surface area contributed by atoms with Crippen molar-refractivity contribution in [1.29, 1.82) is 0 Å². The van der Waals surface area contributed by atoms with E-state index >= 15 is 0 Å². The van der Waals surface area contributed by atoms with E-state index in [0.717, 1.165) is 24.0 Å². The molecule has 0 aromatic heterocycles. The average molecular weight is 285 g/mol.